The molecule has 0 bridgehead atoms. The summed E-state index contributed by atoms with van der Waals surface area (Å²) in [6.07, 6.45) is -0.433. The van der Waals surface area contributed by atoms with Gasteiger partial charge >= 0.3 is 17.9 Å². The molecule has 3 aliphatic rings. The molecule has 2 N–H and O–H groups in total. The summed E-state index contributed by atoms with van der Waals surface area (Å²) < 4.78 is 16.6. The van der Waals surface area contributed by atoms with Gasteiger partial charge in [-0.2, -0.15) is 0 Å². The third kappa shape index (κ3) is 4.02. The first-order valence-corrected chi connectivity index (χ1v) is 11.8. The Morgan fingerprint density at radius 3 is 2.11 bits per heavy atom. The van der Waals surface area contributed by atoms with Crippen molar-refractivity contribution in [2.24, 2.45) is 28.1 Å². The van der Waals surface area contributed by atoms with Gasteiger partial charge in [-0.05, 0) is 24.8 Å². The van der Waals surface area contributed by atoms with E-state index in [1.807, 2.05) is 0 Å². The van der Waals surface area contributed by atoms with Crippen LogP contribution in [0.3, 0.4) is 0 Å². The average Bonchev–Trinajstić information content (AvgIpc) is 2.70. The molecule has 2 fully saturated rings. The Balaban J connectivity index is 2.34. The highest BCUT2D eigenvalue weighted by atomic mass is 16.6. The van der Waals surface area contributed by atoms with Gasteiger partial charge in [0.25, 0.3) is 0 Å². The van der Waals surface area contributed by atoms with Crippen molar-refractivity contribution in [3.63, 3.8) is 0 Å². The van der Waals surface area contributed by atoms with Gasteiger partial charge in [0.1, 0.15) is 17.8 Å². The van der Waals surface area contributed by atoms with E-state index < -0.39 is 75.7 Å². The highest BCUT2D eigenvalue weighted by molar-refractivity contribution is 6.00. The van der Waals surface area contributed by atoms with Gasteiger partial charge in [-0.3, -0.25) is 19.2 Å². The fourth-order valence-electron chi connectivity index (χ4n) is 7.08. The summed E-state index contributed by atoms with van der Waals surface area (Å²) in [6, 6.07) is 0. The Bertz CT molecular complexity index is 997. The number of allylic oxidation sites excluding steroid dienone is 2. The molecule has 3 aliphatic carbocycles. The van der Waals surface area contributed by atoms with Crippen LogP contribution in [0.15, 0.2) is 24.5 Å². The summed E-state index contributed by atoms with van der Waals surface area (Å²) in [6.45, 7) is 14.3. The van der Waals surface area contributed by atoms with Gasteiger partial charge in [0.15, 0.2) is 5.76 Å². The molecule has 0 spiro atoms. The molecule has 2 saturated carbocycles. The lowest BCUT2D eigenvalue weighted by Crippen LogP contribution is -2.77. The number of carbonyl (C=O) groups is 4. The maximum Gasteiger partial charge on any atom is 0.308 e. The van der Waals surface area contributed by atoms with Crippen molar-refractivity contribution in [2.45, 2.75) is 85.2 Å². The number of rotatable bonds is 4. The van der Waals surface area contributed by atoms with Crippen LogP contribution in [0.25, 0.3) is 0 Å². The molecule has 0 radical (unpaired) electrons. The topological polar surface area (TPSA) is 136 Å². The fourth-order valence-corrected chi connectivity index (χ4v) is 7.08. The molecule has 0 saturated heterocycles. The van der Waals surface area contributed by atoms with E-state index in [-0.39, 0.29) is 18.6 Å². The average molecular weight is 493 g/mol. The maximum atomic E-state index is 13.3. The lowest BCUT2D eigenvalue weighted by atomic mass is 9.41. The van der Waals surface area contributed by atoms with Crippen molar-refractivity contribution in [1.82, 2.24) is 0 Å². The zero-order valence-corrected chi connectivity index (χ0v) is 21.4. The molecule has 9 nitrogen and oxygen atoms in total. The van der Waals surface area contributed by atoms with E-state index in [0.29, 0.717) is 0 Å². The van der Waals surface area contributed by atoms with Crippen molar-refractivity contribution in [2.75, 3.05) is 0 Å². The van der Waals surface area contributed by atoms with Gasteiger partial charge in [0.2, 0.25) is 5.78 Å². The number of esters is 3. The normalized spacial score (nSPS) is 42.0. The summed E-state index contributed by atoms with van der Waals surface area (Å²) >= 11 is 0. The minimum atomic E-state index is -2.04. The smallest absolute Gasteiger partial charge is 0.308 e. The Kier molecular flexibility index (Phi) is 6.62. The van der Waals surface area contributed by atoms with Crippen LogP contribution in [-0.4, -0.2) is 57.8 Å². The third-order valence-electron chi connectivity index (χ3n) is 8.37. The molecule has 8 atom stereocenters. The van der Waals surface area contributed by atoms with Crippen molar-refractivity contribution in [1.29, 1.82) is 0 Å². The quantitative estimate of drug-likeness (QED) is 0.344. The highest BCUT2D eigenvalue weighted by Crippen LogP contribution is 2.66. The zero-order valence-electron chi connectivity index (χ0n) is 21.4. The monoisotopic (exact) mass is 492 g/mol. The van der Waals surface area contributed by atoms with Crippen molar-refractivity contribution < 1.29 is 43.6 Å². The molecule has 0 aliphatic heterocycles. The minimum Gasteiger partial charge on any atom is -0.459 e. The number of aliphatic hydroxyl groups is 2. The predicted molar refractivity (Wildman–Crippen MR) is 123 cm³/mol. The molecule has 3 rings (SSSR count). The number of hydrogen-bond acceptors (Lipinski definition) is 9. The fraction of sp³-hybridized carbons (Fsp3) is 0.692. The summed E-state index contributed by atoms with van der Waals surface area (Å²) in [5.74, 6) is -4.12. The second-order valence-electron chi connectivity index (χ2n) is 11.2. The first-order chi connectivity index (χ1) is 15.9. The van der Waals surface area contributed by atoms with Crippen LogP contribution in [0.5, 0.6) is 0 Å². The second kappa shape index (κ2) is 8.55. The number of carbonyl (C=O) groups excluding carboxylic acids is 4. The first kappa shape index (κ1) is 27.1. The van der Waals surface area contributed by atoms with Crippen LogP contribution < -0.4 is 0 Å². The van der Waals surface area contributed by atoms with Crippen LogP contribution in [0.1, 0.15) is 61.3 Å². The van der Waals surface area contributed by atoms with Crippen molar-refractivity contribution >= 4 is 23.7 Å². The van der Waals surface area contributed by atoms with Crippen molar-refractivity contribution in [3.05, 3.63) is 24.5 Å². The SMILES string of the molecule is C=C[C@@]1(C)C[C@@H](O)[C@@H]2[C@@]3(C)C=C(OC(C)=O)C(=O)C(C)(C)[C@@H]3C[C@@H](OC(C)=O)[C@@]2(O)[C@H]1OC(C)=O. The zero-order chi connectivity index (χ0) is 26.7. The van der Waals surface area contributed by atoms with Gasteiger partial charge in [0.05, 0.1) is 6.10 Å². The van der Waals surface area contributed by atoms with E-state index in [9.17, 15) is 29.4 Å². The molecule has 0 heterocycles. The molecular weight excluding hydrogens is 456 g/mol. The van der Waals surface area contributed by atoms with Crippen LogP contribution in [-0.2, 0) is 33.4 Å². The lowest BCUT2D eigenvalue weighted by Gasteiger charge is -2.66. The minimum absolute atomic E-state index is 0.0450. The Morgan fingerprint density at radius 2 is 1.63 bits per heavy atom. The van der Waals surface area contributed by atoms with Crippen LogP contribution in [0.4, 0.5) is 0 Å². The van der Waals surface area contributed by atoms with Gasteiger partial charge in [-0.15, -0.1) is 6.58 Å². The summed E-state index contributed by atoms with van der Waals surface area (Å²) in [5, 5.41) is 24.0. The van der Waals surface area contributed by atoms with E-state index in [2.05, 4.69) is 6.58 Å². The Morgan fingerprint density at radius 1 is 1.06 bits per heavy atom. The lowest BCUT2D eigenvalue weighted by molar-refractivity contribution is -0.304. The molecule has 0 amide bonds. The molecule has 0 unspecified atom stereocenters. The van der Waals surface area contributed by atoms with E-state index in [1.54, 1.807) is 27.7 Å². The summed E-state index contributed by atoms with van der Waals surface area (Å²) in [4.78, 5) is 49.4. The van der Waals surface area contributed by atoms with Gasteiger partial charge < -0.3 is 24.4 Å². The number of hydrogen-bond donors (Lipinski definition) is 2. The Labute approximate surface area is 205 Å². The second-order valence-corrected chi connectivity index (χ2v) is 11.2. The molecule has 35 heavy (non-hydrogen) atoms. The van der Waals surface area contributed by atoms with Crippen LogP contribution >= 0.6 is 0 Å². The molecular formula is C26H36O9. The molecule has 0 aromatic heterocycles. The molecule has 0 aromatic carbocycles. The number of ether oxygens (including phenoxy) is 3. The van der Waals surface area contributed by atoms with E-state index in [1.165, 1.54) is 32.9 Å². The summed E-state index contributed by atoms with van der Waals surface area (Å²) in [7, 11) is 0. The largest absolute Gasteiger partial charge is 0.459 e. The standard InChI is InChI=1S/C26H36O9/c1-9-24(7)11-16(30)20-25(8)12-17(33-13(2)27)21(31)23(5,6)18(25)10-19(34-14(3)28)26(20,32)22(24)35-15(4)29/h9,12,16,18-20,22,30,32H,1,10-11H2,2-8H3/t16-,18+,19-,20-,22+,24+,25+,26+/m1/s1. The number of ketones is 1. The van der Waals surface area contributed by atoms with Crippen molar-refractivity contribution in [3.8, 4) is 0 Å². The van der Waals surface area contributed by atoms with E-state index in [4.69, 9.17) is 14.2 Å². The highest BCUT2D eigenvalue weighted by Gasteiger charge is 2.74. The van der Waals surface area contributed by atoms with Gasteiger partial charge in [-0.1, -0.05) is 33.8 Å². The molecule has 9 heteroatoms. The van der Waals surface area contributed by atoms with E-state index >= 15 is 0 Å². The maximum absolute atomic E-state index is 13.3. The van der Waals surface area contributed by atoms with Crippen LogP contribution in [0, 0.1) is 28.1 Å². The number of fused-ring (bicyclic) bond motifs is 3. The van der Waals surface area contributed by atoms with Crippen LogP contribution in [0.2, 0.25) is 0 Å². The Hall–Kier alpha value is -2.52. The molecule has 0 aromatic rings. The first-order valence-electron chi connectivity index (χ1n) is 11.8. The van der Waals surface area contributed by atoms with E-state index in [0.717, 1.165) is 0 Å². The summed E-state index contributed by atoms with van der Waals surface area (Å²) in [5.41, 5.74) is -5.30. The predicted octanol–water partition coefficient (Wildman–Crippen LogP) is 2.24. The van der Waals surface area contributed by atoms with Gasteiger partial charge in [0, 0.05) is 42.9 Å². The number of Topliss-reactive ketones (excluding diaryl/α,β-unsaturated/α-hetero) is 1. The van der Waals surface area contributed by atoms with Gasteiger partial charge in [-0.25, -0.2) is 0 Å². The molecule has 194 valence electrons. The number of aliphatic hydroxyl groups excluding tert-OH is 1. The third-order valence-corrected chi connectivity index (χ3v) is 8.37.